The van der Waals surface area contributed by atoms with Crippen molar-refractivity contribution in [1.29, 1.82) is 0 Å². The monoisotopic (exact) mass is 206 g/mol. The summed E-state index contributed by atoms with van der Waals surface area (Å²) < 4.78 is 0. The summed E-state index contributed by atoms with van der Waals surface area (Å²) in [7, 11) is 0. The van der Waals surface area contributed by atoms with Crippen LogP contribution >= 0.6 is 0 Å². The molecule has 82 valence electrons. The van der Waals surface area contributed by atoms with Gasteiger partial charge in [0.25, 0.3) is 0 Å². The molecule has 0 atom stereocenters. The Kier molecular flexibility index (Phi) is 5.66. The fourth-order valence-electron chi connectivity index (χ4n) is 1.32. The molecule has 0 unspecified atom stereocenters. The van der Waals surface area contributed by atoms with Crippen LogP contribution in [-0.4, -0.2) is 25.4 Å². The van der Waals surface area contributed by atoms with Crippen molar-refractivity contribution >= 4 is 5.78 Å². The van der Waals surface area contributed by atoms with Gasteiger partial charge in [-0.3, -0.25) is 4.79 Å². The molecular weight excluding hydrogens is 188 g/mol. The topological polar surface area (TPSA) is 55.1 Å². The van der Waals surface area contributed by atoms with Crippen molar-refractivity contribution in [2.45, 2.75) is 12.8 Å². The summed E-state index contributed by atoms with van der Waals surface area (Å²) in [5.41, 5.74) is 6.13. The third kappa shape index (κ3) is 4.72. The summed E-state index contributed by atoms with van der Waals surface area (Å²) in [6, 6.07) is 9.34. The molecule has 0 saturated heterocycles. The number of nitrogens with two attached hydrogens (primary N) is 1. The molecule has 0 heterocycles. The summed E-state index contributed by atoms with van der Waals surface area (Å²) >= 11 is 0. The van der Waals surface area contributed by atoms with Gasteiger partial charge in [0.2, 0.25) is 0 Å². The largest absolute Gasteiger partial charge is 0.330 e. The van der Waals surface area contributed by atoms with Crippen LogP contribution in [0.4, 0.5) is 0 Å². The van der Waals surface area contributed by atoms with Crippen LogP contribution in [0.3, 0.4) is 0 Å². The number of hydrogen-bond donors (Lipinski definition) is 2. The van der Waals surface area contributed by atoms with Crippen molar-refractivity contribution in [2.24, 2.45) is 5.73 Å². The molecule has 0 fully saturated rings. The average Bonchev–Trinajstić information content (AvgIpc) is 2.30. The zero-order valence-corrected chi connectivity index (χ0v) is 8.91. The number of hydrogen-bond acceptors (Lipinski definition) is 3. The van der Waals surface area contributed by atoms with Crippen molar-refractivity contribution in [1.82, 2.24) is 5.32 Å². The summed E-state index contributed by atoms with van der Waals surface area (Å²) in [4.78, 5) is 11.6. The lowest BCUT2D eigenvalue weighted by Gasteiger charge is -2.03. The number of ketones is 1. The molecule has 0 spiro atoms. The maximum atomic E-state index is 11.6. The fourth-order valence-corrected chi connectivity index (χ4v) is 1.32. The van der Waals surface area contributed by atoms with Gasteiger partial charge < -0.3 is 11.1 Å². The Morgan fingerprint density at radius 3 is 2.60 bits per heavy atom. The molecule has 0 aliphatic rings. The molecule has 1 rings (SSSR count). The number of rotatable bonds is 7. The van der Waals surface area contributed by atoms with E-state index in [0.717, 1.165) is 24.9 Å². The van der Waals surface area contributed by atoms with Crippen LogP contribution in [0.2, 0.25) is 0 Å². The minimum Gasteiger partial charge on any atom is -0.330 e. The summed E-state index contributed by atoms with van der Waals surface area (Å²) in [5, 5.41) is 3.11. The van der Waals surface area contributed by atoms with Gasteiger partial charge in [0.05, 0.1) is 6.54 Å². The second-order valence-corrected chi connectivity index (χ2v) is 3.46. The molecule has 0 amide bonds. The normalized spacial score (nSPS) is 10.2. The van der Waals surface area contributed by atoms with Crippen LogP contribution < -0.4 is 11.1 Å². The zero-order valence-electron chi connectivity index (χ0n) is 8.91. The maximum Gasteiger partial charge on any atom is 0.176 e. The first-order valence-corrected chi connectivity index (χ1v) is 5.33. The van der Waals surface area contributed by atoms with Gasteiger partial charge in [-0.1, -0.05) is 30.3 Å². The Morgan fingerprint density at radius 1 is 1.20 bits per heavy atom. The summed E-state index contributed by atoms with van der Waals surface area (Å²) in [5.74, 6) is 0.142. The van der Waals surface area contributed by atoms with Crippen LogP contribution in [0.5, 0.6) is 0 Å². The summed E-state index contributed by atoms with van der Waals surface area (Å²) in [6.45, 7) is 1.98. The second kappa shape index (κ2) is 7.15. The highest BCUT2D eigenvalue weighted by Crippen LogP contribution is 1.98. The average molecular weight is 206 g/mol. The number of nitrogens with one attached hydrogen (secondary N) is 1. The van der Waals surface area contributed by atoms with Gasteiger partial charge >= 0.3 is 0 Å². The predicted octanol–water partition coefficient (Wildman–Crippen LogP) is 1.20. The third-order valence-corrected chi connectivity index (χ3v) is 2.19. The van der Waals surface area contributed by atoms with Crippen molar-refractivity contribution in [3.63, 3.8) is 0 Å². The van der Waals surface area contributed by atoms with Gasteiger partial charge in [-0.25, -0.2) is 0 Å². The lowest BCUT2D eigenvalue weighted by molar-refractivity contribution is 0.0991. The molecule has 0 aromatic heterocycles. The number of carbonyl (C=O) groups excluding carboxylic acids is 1. The number of carbonyl (C=O) groups is 1. The van der Waals surface area contributed by atoms with Gasteiger partial charge in [0.15, 0.2) is 5.78 Å². The van der Waals surface area contributed by atoms with E-state index in [1.165, 1.54) is 0 Å². The molecule has 1 aromatic rings. The van der Waals surface area contributed by atoms with Crippen LogP contribution in [-0.2, 0) is 0 Å². The molecule has 3 nitrogen and oxygen atoms in total. The Balaban J connectivity index is 2.20. The van der Waals surface area contributed by atoms with Gasteiger partial charge in [0.1, 0.15) is 0 Å². The van der Waals surface area contributed by atoms with Gasteiger partial charge in [-0.05, 0) is 25.9 Å². The first kappa shape index (κ1) is 11.9. The van der Waals surface area contributed by atoms with E-state index in [1.807, 2.05) is 30.3 Å². The van der Waals surface area contributed by atoms with E-state index in [0.29, 0.717) is 13.1 Å². The number of benzene rings is 1. The van der Waals surface area contributed by atoms with Crippen molar-refractivity contribution < 1.29 is 4.79 Å². The number of Topliss-reactive ketones (excluding diaryl/α,β-unsaturated/α-hetero) is 1. The van der Waals surface area contributed by atoms with Crippen molar-refractivity contribution in [2.75, 3.05) is 19.6 Å². The van der Waals surface area contributed by atoms with Gasteiger partial charge in [-0.15, -0.1) is 0 Å². The molecule has 3 heteroatoms. The van der Waals surface area contributed by atoms with E-state index in [2.05, 4.69) is 5.32 Å². The SMILES string of the molecule is NCCCCNCC(=O)c1ccccc1. The molecule has 0 aliphatic carbocycles. The highest BCUT2D eigenvalue weighted by atomic mass is 16.1. The van der Waals surface area contributed by atoms with Gasteiger partial charge in [0, 0.05) is 5.56 Å². The third-order valence-electron chi connectivity index (χ3n) is 2.19. The molecule has 0 bridgehead atoms. The zero-order chi connectivity index (χ0) is 10.9. The Hall–Kier alpha value is -1.19. The van der Waals surface area contributed by atoms with Crippen LogP contribution in [0.15, 0.2) is 30.3 Å². The van der Waals surface area contributed by atoms with Crippen molar-refractivity contribution in [3.8, 4) is 0 Å². The van der Waals surface area contributed by atoms with Crippen LogP contribution in [0.25, 0.3) is 0 Å². The molecule has 0 aliphatic heterocycles. The molecule has 0 saturated carbocycles. The van der Waals surface area contributed by atoms with Gasteiger partial charge in [-0.2, -0.15) is 0 Å². The second-order valence-electron chi connectivity index (χ2n) is 3.46. The Morgan fingerprint density at radius 2 is 1.93 bits per heavy atom. The van der Waals surface area contributed by atoms with Crippen LogP contribution in [0.1, 0.15) is 23.2 Å². The quantitative estimate of drug-likeness (QED) is 0.520. The maximum absolute atomic E-state index is 11.6. The molecule has 15 heavy (non-hydrogen) atoms. The molecular formula is C12H18N2O. The molecule has 0 radical (unpaired) electrons. The standard InChI is InChI=1S/C12H18N2O/c13-8-4-5-9-14-10-12(15)11-6-2-1-3-7-11/h1-3,6-7,14H,4-5,8-10,13H2. The van der Waals surface area contributed by atoms with E-state index >= 15 is 0 Å². The molecule has 1 aromatic carbocycles. The predicted molar refractivity (Wildman–Crippen MR) is 61.9 cm³/mol. The lowest BCUT2D eigenvalue weighted by Crippen LogP contribution is -2.24. The highest BCUT2D eigenvalue weighted by molar-refractivity contribution is 5.97. The number of unbranched alkanes of at least 4 members (excludes halogenated alkanes) is 1. The molecule has 3 N–H and O–H groups in total. The van der Waals surface area contributed by atoms with E-state index in [-0.39, 0.29) is 5.78 Å². The smallest absolute Gasteiger partial charge is 0.176 e. The van der Waals surface area contributed by atoms with E-state index in [1.54, 1.807) is 0 Å². The van der Waals surface area contributed by atoms with Crippen LogP contribution in [0, 0.1) is 0 Å². The lowest BCUT2D eigenvalue weighted by atomic mass is 10.1. The fraction of sp³-hybridized carbons (Fsp3) is 0.417. The van der Waals surface area contributed by atoms with Crippen molar-refractivity contribution in [3.05, 3.63) is 35.9 Å². The first-order chi connectivity index (χ1) is 7.34. The van der Waals surface area contributed by atoms with E-state index in [9.17, 15) is 4.79 Å². The van der Waals surface area contributed by atoms with E-state index < -0.39 is 0 Å². The van der Waals surface area contributed by atoms with E-state index in [4.69, 9.17) is 5.73 Å². The minimum atomic E-state index is 0.142. The highest BCUT2D eigenvalue weighted by Gasteiger charge is 2.02. The Bertz CT molecular complexity index is 285. The minimum absolute atomic E-state index is 0.142. The Labute approximate surface area is 90.7 Å². The first-order valence-electron chi connectivity index (χ1n) is 5.33. The summed E-state index contributed by atoms with van der Waals surface area (Å²) in [6.07, 6.45) is 2.03.